The minimum absolute atomic E-state index is 0.0145. The molecule has 1 amide bonds. The summed E-state index contributed by atoms with van der Waals surface area (Å²) in [6, 6.07) is 8.76. The molecule has 1 aromatic carbocycles. The largest absolute Gasteiger partial charge is 0.416 e. The van der Waals surface area contributed by atoms with E-state index in [9.17, 15) is 18.0 Å². The number of thiophene rings is 1. The SMILES string of the molecule is CC(c1nc(-c2cccc(C(F)(F)F)c2)no1)N1CCN(CC(=O)NCCc2cccs2)CC1. The number of piperazine rings is 1. The number of halogens is 3. The smallest absolute Gasteiger partial charge is 0.355 e. The molecule has 1 N–H and O–H groups in total. The van der Waals surface area contributed by atoms with Gasteiger partial charge in [0.05, 0.1) is 18.2 Å². The molecule has 0 aliphatic carbocycles. The zero-order valence-electron chi connectivity index (χ0n) is 18.7. The lowest BCUT2D eigenvalue weighted by Gasteiger charge is -2.36. The molecule has 182 valence electrons. The summed E-state index contributed by atoms with van der Waals surface area (Å²) in [6.07, 6.45) is -3.60. The van der Waals surface area contributed by atoms with Crippen LogP contribution in [-0.4, -0.2) is 65.1 Å². The molecule has 1 aliphatic heterocycles. The molecule has 3 aromatic rings. The van der Waals surface area contributed by atoms with Gasteiger partial charge in [0.1, 0.15) is 0 Å². The number of benzene rings is 1. The lowest BCUT2D eigenvalue weighted by atomic mass is 10.1. The van der Waals surface area contributed by atoms with Crippen LogP contribution in [-0.2, 0) is 17.4 Å². The van der Waals surface area contributed by atoms with Gasteiger partial charge in [0.15, 0.2) is 0 Å². The number of alkyl halides is 3. The predicted molar refractivity (Wildman–Crippen MR) is 122 cm³/mol. The van der Waals surface area contributed by atoms with E-state index in [0.717, 1.165) is 31.6 Å². The zero-order valence-corrected chi connectivity index (χ0v) is 19.5. The first kappa shape index (κ1) is 24.4. The van der Waals surface area contributed by atoms with Gasteiger partial charge in [-0.3, -0.25) is 14.6 Å². The molecule has 0 spiro atoms. The van der Waals surface area contributed by atoms with Gasteiger partial charge in [-0.15, -0.1) is 11.3 Å². The molecular formula is C23H26F3N5O2S. The molecule has 2 aromatic heterocycles. The molecule has 11 heteroatoms. The van der Waals surface area contributed by atoms with Gasteiger partial charge >= 0.3 is 6.18 Å². The maximum Gasteiger partial charge on any atom is 0.416 e. The minimum atomic E-state index is -4.43. The minimum Gasteiger partial charge on any atom is -0.355 e. The van der Waals surface area contributed by atoms with Gasteiger partial charge in [0, 0.05) is 43.2 Å². The van der Waals surface area contributed by atoms with E-state index < -0.39 is 11.7 Å². The number of carbonyl (C=O) groups excluding carboxylic acids is 1. The lowest BCUT2D eigenvalue weighted by molar-refractivity contribution is -0.137. The number of nitrogens with one attached hydrogen (secondary N) is 1. The van der Waals surface area contributed by atoms with E-state index in [1.807, 2.05) is 18.4 Å². The Kier molecular flexibility index (Phi) is 7.64. The van der Waals surface area contributed by atoms with Crippen LogP contribution < -0.4 is 5.32 Å². The fraction of sp³-hybridized carbons (Fsp3) is 0.435. The van der Waals surface area contributed by atoms with Crippen molar-refractivity contribution in [1.82, 2.24) is 25.3 Å². The normalized spacial score (nSPS) is 16.5. The van der Waals surface area contributed by atoms with Crippen molar-refractivity contribution >= 4 is 17.2 Å². The standard InChI is InChI=1S/C23H26F3N5O2S/c1-16(22-28-21(29-33-22)17-4-2-5-18(14-17)23(24,25)26)31-11-9-30(10-12-31)15-20(32)27-8-7-19-6-3-13-34-19/h2-6,13-14,16H,7-12,15H2,1H3,(H,27,32). The Bertz CT molecular complexity index is 1080. The van der Waals surface area contributed by atoms with Crippen molar-refractivity contribution in [3.63, 3.8) is 0 Å². The van der Waals surface area contributed by atoms with Crippen LogP contribution in [0.25, 0.3) is 11.4 Å². The Hall–Kier alpha value is -2.76. The average molecular weight is 494 g/mol. The second-order valence-corrected chi connectivity index (χ2v) is 9.23. The maximum absolute atomic E-state index is 13.0. The van der Waals surface area contributed by atoms with Crippen LogP contribution in [0, 0.1) is 0 Å². The molecule has 0 bridgehead atoms. The quantitative estimate of drug-likeness (QED) is 0.514. The molecule has 1 fully saturated rings. The third-order valence-corrected chi connectivity index (χ3v) is 6.78. The molecule has 1 saturated heterocycles. The third kappa shape index (κ3) is 6.22. The molecule has 3 heterocycles. The highest BCUT2D eigenvalue weighted by Crippen LogP contribution is 2.32. The van der Waals surface area contributed by atoms with Gasteiger partial charge in [-0.25, -0.2) is 0 Å². The number of amides is 1. The van der Waals surface area contributed by atoms with E-state index in [4.69, 9.17) is 4.52 Å². The molecule has 1 atom stereocenters. The van der Waals surface area contributed by atoms with Gasteiger partial charge in [0.25, 0.3) is 0 Å². The van der Waals surface area contributed by atoms with E-state index in [1.165, 1.54) is 17.0 Å². The molecular weight excluding hydrogens is 467 g/mol. The summed E-state index contributed by atoms with van der Waals surface area (Å²) in [6.45, 7) is 5.77. The summed E-state index contributed by atoms with van der Waals surface area (Å²) in [5.74, 6) is 0.499. The Morgan fingerprint density at radius 1 is 1.21 bits per heavy atom. The van der Waals surface area contributed by atoms with E-state index in [0.29, 0.717) is 32.1 Å². The van der Waals surface area contributed by atoms with Crippen LogP contribution in [0.1, 0.15) is 29.3 Å². The fourth-order valence-electron chi connectivity index (χ4n) is 3.86. The molecule has 0 radical (unpaired) electrons. The van der Waals surface area contributed by atoms with Crippen molar-refractivity contribution in [2.45, 2.75) is 25.6 Å². The van der Waals surface area contributed by atoms with E-state index in [-0.39, 0.29) is 23.3 Å². The number of rotatable bonds is 8. The first-order valence-electron chi connectivity index (χ1n) is 11.1. The molecule has 4 rings (SSSR count). The number of nitrogens with zero attached hydrogens (tertiary/aromatic N) is 4. The number of hydrogen-bond donors (Lipinski definition) is 1. The van der Waals surface area contributed by atoms with Gasteiger partial charge in [-0.05, 0) is 36.9 Å². The van der Waals surface area contributed by atoms with Crippen LogP contribution in [0.15, 0.2) is 46.3 Å². The lowest BCUT2D eigenvalue weighted by Crippen LogP contribution is -2.50. The van der Waals surface area contributed by atoms with Gasteiger partial charge in [0.2, 0.25) is 17.6 Å². The highest BCUT2D eigenvalue weighted by atomic mass is 32.1. The Balaban J connectivity index is 1.26. The first-order valence-corrected chi connectivity index (χ1v) is 11.9. The number of aromatic nitrogens is 2. The Morgan fingerprint density at radius 3 is 2.71 bits per heavy atom. The van der Waals surface area contributed by atoms with Crippen molar-refractivity contribution < 1.29 is 22.5 Å². The van der Waals surface area contributed by atoms with Gasteiger partial charge in [-0.1, -0.05) is 23.4 Å². The topological polar surface area (TPSA) is 74.5 Å². The second-order valence-electron chi connectivity index (χ2n) is 8.20. The van der Waals surface area contributed by atoms with Crippen LogP contribution in [0.3, 0.4) is 0 Å². The van der Waals surface area contributed by atoms with E-state index >= 15 is 0 Å². The van der Waals surface area contributed by atoms with Crippen molar-refractivity contribution in [3.05, 3.63) is 58.1 Å². The zero-order chi connectivity index (χ0) is 24.1. The third-order valence-electron chi connectivity index (χ3n) is 5.84. The van der Waals surface area contributed by atoms with Crippen molar-refractivity contribution in [2.24, 2.45) is 0 Å². The van der Waals surface area contributed by atoms with Crippen LogP contribution >= 0.6 is 11.3 Å². The van der Waals surface area contributed by atoms with Crippen LogP contribution in [0.4, 0.5) is 13.2 Å². The monoisotopic (exact) mass is 493 g/mol. The summed E-state index contributed by atoms with van der Waals surface area (Å²) in [7, 11) is 0. The molecule has 7 nitrogen and oxygen atoms in total. The van der Waals surface area contributed by atoms with Gasteiger partial charge < -0.3 is 9.84 Å². The number of carbonyl (C=O) groups is 1. The van der Waals surface area contributed by atoms with Crippen LogP contribution in [0.5, 0.6) is 0 Å². The summed E-state index contributed by atoms with van der Waals surface area (Å²) in [5, 5.41) is 8.88. The summed E-state index contributed by atoms with van der Waals surface area (Å²) >= 11 is 1.68. The summed E-state index contributed by atoms with van der Waals surface area (Å²) < 4.78 is 44.3. The molecule has 34 heavy (non-hydrogen) atoms. The average Bonchev–Trinajstić information content (AvgIpc) is 3.51. The molecule has 0 saturated carbocycles. The second kappa shape index (κ2) is 10.7. The highest BCUT2D eigenvalue weighted by Gasteiger charge is 2.31. The summed E-state index contributed by atoms with van der Waals surface area (Å²) in [4.78, 5) is 22.1. The predicted octanol–water partition coefficient (Wildman–Crippen LogP) is 3.85. The number of hydrogen-bond acceptors (Lipinski definition) is 7. The summed E-state index contributed by atoms with van der Waals surface area (Å²) in [5.41, 5.74) is -0.497. The van der Waals surface area contributed by atoms with Crippen molar-refractivity contribution in [3.8, 4) is 11.4 Å². The molecule has 1 unspecified atom stereocenters. The Morgan fingerprint density at radius 2 is 2.00 bits per heavy atom. The maximum atomic E-state index is 13.0. The van der Waals surface area contributed by atoms with Crippen molar-refractivity contribution in [2.75, 3.05) is 39.3 Å². The highest BCUT2D eigenvalue weighted by molar-refractivity contribution is 7.09. The first-order chi connectivity index (χ1) is 16.3. The molecule has 1 aliphatic rings. The van der Waals surface area contributed by atoms with Gasteiger partial charge in [-0.2, -0.15) is 18.2 Å². The fourth-order valence-corrected chi connectivity index (χ4v) is 4.57. The van der Waals surface area contributed by atoms with E-state index in [2.05, 4.69) is 31.3 Å². The van der Waals surface area contributed by atoms with Crippen LogP contribution in [0.2, 0.25) is 0 Å². The Labute approximate surface area is 199 Å². The van der Waals surface area contributed by atoms with E-state index in [1.54, 1.807) is 11.3 Å². The van der Waals surface area contributed by atoms with Crippen molar-refractivity contribution in [1.29, 1.82) is 0 Å².